The molecule has 1 fully saturated rings. The van der Waals surface area contributed by atoms with E-state index in [1.54, 1.807) is 18.2 Å². The highest BCUT2D eigenvalue weighted by molar-refractivity contribution is 6.35. The predicted molar refractivity (Wildman–Crippen MR) is 83.1 cm³/mol. The monoisotopic (exact) mass is 318 g/mol. The number of aliphatic carboxylic acids is 1. The molecule has 3 rings (SSSR count). The highest BCUT2D eigenvalue weighted by Crippen LogP contribution is 2.29. The molecular weight excluding hydrogens is 304 g/mol. The minimum Gasteiger partial charge on any atom is -0.481 e. The molecule has 0 aliphatic heterocycles. The molecule has 1 heterocycles. The molecule has 2 aromatic rings. The van der Waals surface area contributed by atoms with Crippen LogP contribution in [0.5, 0.6) is 0 Å². The average Bonchev–Trinajstić information content (AvgIpc) is 2.42. The summed E-state index contributed by atoms with van der Waals surface area (Å²) >= 11 is 6.14. The van der Waals surface area contributed by atoms with E-state index < -0.39 is 5.97 Å². The van der Waals surface area contributed by atoms with Crippen LogP contribution >= 0.6 is 11.6 Å². The van der Waals surface area contributed by atoms with Crippen LogP contribution in [0.4, 0.5) is 0 Å². The fourth-order valence-corrected chi connectivity index (χ4v) is 2.95. The maximum Gasteiger partial charge on any atom is 0.306 e. The number of nitrogens with one attached hydrogen (secondary N) is 1. The minimum absolute atomic E-state index is 0.0868. The molecule has 0 spiro atoms. The van der Waals surface area contributed by atoms with Gasteiger partial charge in [-0.2, -0.15) is 0 Å². The van der Waals surface area contributed by atoms with Crippen molar-refractivity contribution in [3.8, 4) is 0 Å². The fraction of sp³-hybridized carbons (Fsp3) is 0.312. The van der Waals surface area contributed by atoms with Gasteiger partial charge >= 0.3 is 5.97 Å². The van der Waals surface area contributed by atoms with E-state index >= 15 is 0 Å². The number of para-hydroxylation sites is 1. The van der Waals surface area contributed by atoms with Crippen LogP contribution in [0.25, 0.3) is 10.9 Å². The standard InChI is InChI=1S/C16H15ClN2O3/c1-8-5-12(11-3-2-4-13(17)14(11)18-8)15(20)19-10-6-9(7-10)16(21)22/h2-5,9-10H,6-7H2,1H3,(H,19,20)(H,21,22). The van der Waals surface area contributed by atoms with E-state index in [0.29, 0.717) is 40.0 Å². The van der Waals surface area contributed by atoms with Crippen molar-refractivity contribution >= 4 is 34.4 Å². The lowest BCUT2D eigenvalue weighted by molar-refractivity contribution is -0.145. The number of hydrogen-bond acceptors (Lipinski definition) is 3. The zero-order chi connectivity index (χ0) is 15.9. The molecule has 22 heavy (non-hydrogen) atoms. The number of pyridine rings is 1. The highest BCUT2D eigenvalue weighted by atomic mass is 35.5. The number of carboxylic acids is 1. The van der Waals surface area contributed by atoms with Crippen LogP contribution in [0, 0.1) is 12.8 Å². The van der Waals surface area contributed by atoms with E-state index in [0.717, 1.165) is 0 Å². The summed E-state index contributed by atoms with van der Waals surface area (Å²) < 4.78 is 0. The summed E-state index contributed by atoms with van der Waals surface area (Å²) in [4.78, 5) is 27.7. The second-order valence-electron chi connectivity index (χ2n) is 5.62. The fourth-order valence-electron chi connectivity index (χ4n) is 2.73. The Balaban J connectivity index is 1.86. The van der Waals surface area contributed by atoms with Gasteiger partial charge in [-0.1, -0.05) is 23.7 Å². The van der Waals surface area contributed by atoms with Crippen LogP contribution in [0.3, 0.4) is 0 Å². The van der Waals surface area contributed by atoms with Gasteiger partial charge in [0.15, 0.2) is 0 Å². The smallest absolute Gasteiger partial charge is 0.306 e. The van der Waals surface area contributed by atoms with Crippen LogP contribution in [-0.2, 0) is 4.79 Å². The zero-order valence-corrected chi connectivity index (χ0v) is 12.7. The molecule has 1 aromatic carbocycles. The van der Waals surface area contributed by atoms with Crippen LogP contribution in [0.15, 0.2) is 24.3 Å². The number of aryl methyl sites for hydroxylation is 1. The number of amides is 1. The number of hydrogen-bond donors (Lipinski definition) is 2. The Bertz CT molecular complexity index is 769. The van der Waals surface area contributed by atoms with Crippen LogP contribution < -0.4 is 5.32 Å². The first-order valence-electron chi connectivity index (χ1n) is 7.05. The number of carbonyl (C=O) groups excluding carboxylic acids is 1. The molecule has 1 aliphatic carbocycles. The second-order valence-corrected chi connectivity index (χ2v) is 6.03. The third kappa shape index (κ3) is 2.64. The van der Waals surface area contributed by atoms with E-state index in [1.165, 1.54) is 0 Å². The van der Waals surface area contributed by atoms with E-state index in [1.807, 2.05) is 13.0 Å². The van der Waals surface area contributed by atoms with Crippen LogP contribution in [0.2, 0.25) is 5.02 Å². The molecule has 1 aliphatic rings. The van der Waals surface area contributed by atoms with E-state index in [2.05, 4.69) is 10.3 Å². The SMILES string of the molecule is Cc1cc(C(=O)NC2CC(C(=O)O)C2)c2cccc(Cl)c2n1. The second kappa shape index (κ2) is 5.57. The molecule has 1 saturated carbocycles. The summed E-state index contributed by atoms with van der Waals surface area (Å²) in [6, 6.07) is 6.96. The predicted octanol–water partition coefficient (Wildman–Crippen LogP) is 2.79. The third-order valence-corrected chi connectivity index (χ3v) is 4.29. The largest absolute Gasteiger partial charge is 0.481 e. The first-order chi connectivity index (χ1) is 10.5. The van der Waals surface area contributed by atoms with Crippen molar-refractivity contribution in [2.75, 3.05) is 0 Å². The molecule has 0 radical (unpaired) electrons. The normalized spacial score (nSPS) is 20.5. The quantitative estimate of drug-likeness (QED) is 0.912. The Morgan fingerprint density at radius 3 is 2.77 bits per heavy atom. The Morgan fingerprint density at radius 2 is 2.09 bits per heavy atom. The van der Waals surface area contributed by atoms with Gasteiger partial charge in [-0.05, 0) is 31.9 Å². The summed E-state index contributed by atoms with van der Waals surface area (Å²) in [5, 5.41) is 13.0. The van der Waals surface area contributed by atoms with Crippen molar-refractivity contribution in [3.63, 3.8) is 0 Å². The van der Waals surface area contributed by atoms with Crippen molar-refractivity contribution in [2.45, 2.75) is 25.8 Å². The maximum atomic E-state index is 12.5. The molecular formula is C16H15ClN2O3. The Labute approximate surface area is 132 Å². The van der Waals surface area contributed by atoms with Gasteiger partial charge in [0.1, 0.15) is 0 Å². The summed E-state index contributed by atoms with van der Waals surface area (Å²) in [5.41, 5.74) is 1.83. The van der Waals surface area contributed by atoms with Gasteiger partial charge in [-0.3, -0.25) is 14.6 Å². The molecule has 114 valence electrons. The van der Waals surface area contributed by atoms with E-state index in [-0.39, 0.29) is 17.9 Å². The van der Waals surface area contributed by atoms with Crippen molar-refractivity contribution in [3.05, 3.63) is 40.5 Å². The van der Waals surface area contributed by atoms with Gasteiger partial charge in [0.25, 0.3) is 5.91 Å². The number of aromatic nitrogens is 1. The summed E-state index contributed by atoms with van der Waals surface area (Å²) in [7, 11) is 0. The van der Waals surface area contributed by atoms with Gasteiger partial charge < -0.3 is 10.4 Å². The lowest BCUT2D eigenvalue weighted by atomic mass is 9.80. The zero-order valence-electron chi connectivity index (χ0n) is 12.0. The number of carbonyl (C=O) groups is 2. The lowest BCUT2D eigenvalue weighted by Crippen LogP contribution is -2.46. The van der Waals surface area contributed by atoms with Gasteiger partial charge in [0, 0.05) is 17.1 Å². The lowest BCUT2D eigenvalue weighted by Gasteiger charge is -2.32. The summed E-state index contributed by atoms with van der Waals surface area (Å²) in [6.45, 7) is 1.81. The molecule has 1 amide bonds. The maximum absolute atomic E-state index is 12.5. The summed E-state index contributed by atoms with van der Waals surface area (Å²) in [6.07, 6.45) is 0.952. The van der Waals surface area contributed by atoms with Gasteiger partial charge in [0.05, 0.1) is 22.0 Å². The topological polar surface area (TPSA) is 79.3 Å². The van der Waals surface area contributed by atoms with Crippen molar-refractivity contribution in [2.24, 2.45) is 5.92 Å². The van der Waals surface area contributed by atoms with Crippen molar-refractivity contribution in [1.82, 2.24) is 10.3 Å². The number of rotatable bonds is 3. The Kier molecular flexibility index (Phi) is 3.74. The molecule has 0 saturated heterocycles. The number of carboxylic acid groups (broad SMARTS) is 1. The number of fused-ring (bicyclic) bond motifs is 1. The first kappa shape index (κ1) is 14.8. The average molecular weight is 319 g/mol. The molecule has 1 aromatic heterocycles. The molecule has 5 nitrogen and oxygen atoms in total. The molecule has 2 N–H and O–H groups in total. The van der Waals surface area contributed by atoms with Crippen LogP contribution in [0.1, 0.15) is 28.9 Å². The number of nitrogens with zero attached hydrogens (tertiary/aromatic N) is 1. The van der Waals surface area contributed by atoms with E-state index in [9.17, 15) is 9.59 Å². The van der Waals surface area contributed by atoms with Gasteiger partial charge in [-0.25, -0.2) is 0 Å². The van der Waals surface area contributed by atoms with Gasteiger partial charge in [-0.15, -0.1) is 0 Å². The Hall–Kier alpha value is -2.14. The van der Waals surface area contributed by atoms with Gasteiger partial charge in [0.2, 0.25) is 0 Å². The third-order valence-electron chi connectivity index (χ3n) is 3.99. The highest BCUT2D eigenvalue weighted by Gasteiger charge is 2.35. The van der Waals surface area contributed by atoms with Crippen molar-refractivity contribution < 1.29 is 14.7 Å². The van der Waals surface area contributed by atoms with E-state index in [4.69, 9.17) is 16.7 Å². The molecule has 0 unspecified atom stereocenters. The molecule has 0 atom stereocenters. The molecule has 0 bridgehead atoms. The first-order valence-corrected chi connectivity index (χ1v) is 7.43. The van der Waals surface area contributed by atoms with Crippen molar-refractivity contribution in [1.29, 1.82) is 0 Å². The molecule has 6 heteroatoms. The minimum atomic E-state index is -0.803. The van der Waals surface area contributed by atoms with Crippen LogP contribution in [-0.4, -0.2) is 28.0 Å². The number of halogens is 1. The summed E-state index contributed by atoms with van der Waals surface area (Å²) in [5.74, 6) is -1.37. The Morgan fingerprint density at radius 1 is 1.36 bits per heavy atom. The number of benzene rings is 1.